The number of carbonyl (C=O) groups is 1. The molecule has 0 radical (unpaired) electrons. The highest BCUT2D eigenvalue weighted by molar-refractivity contribution is 5.97. The molecule has 1 aromatic carbocycles. The molecule has 32 heavy (non-hydrogen) atoms. The van der Waals surface area contributed by atoms with Crippen LogP contribution in [0.4, 0.5) is 5.82 Å². The van der Waals surface area contributed by atoms with Crippen LogP contribution in [0.25, 0.3) is 5.65 Å². The summed E-state index contributed by atoms with van der Waals surface area (Å²) >= 11 is 0. The van der Waals surface area contributed by atoms with E-state index >= 15 is 0 Å². The molecule has 7 heteroatoms. The summed E-state index contributed by atoms with van der Waals surface area (Å²) in [5.41, 5.74) is 4.08. The van der Waals surface area contributed by atoms with Crippen molar-refractivity contribution in [3.63, 3.8) is 0 Å². The number of amides is 1. The van der Waals surface area contributed by atoms with Crippen molar-refractivity contribution < 1.29 is 9.90 Å². The first-order valence-corrected chi connectivity index (χ1v) is 11.6. The maximum absolute atomic E-state index is 13.4. The molecule has 0 spiro atoms. The molecule has 2 aliphatic heterocycles. The van der Waals surface area contributed by atoms with Crippen molar-refractivity contribution in [2.75, 3.05) is 24.5 Å². The minimum absolute atomic E-state index is 0.0381. The Morgan fingerprint density at radius 3 is 2.72 bits per heavy atom. The second-order valence-corrected chi connectivity index (χ2v) is 9.49. The van der Waals surface area contributed by atoms with E-state index in [0.717, 1.165) is 60.6 Å². The van der Waals surface area contributed by atoms with Crippen molar-refractivity contribution >= 4 is 17.4 Å². The monoisotopic (exact) mass is 433 g/mol. The van der Waals surface area contributed by atoms with E-state index in [2.05, 4.69) is 18.7 Å². The molecule has 2 fully saturated rings. The number of likely N-dealkylation sites (tertiary alicyclic amines) is 1. The van der Waals surface area contributed by atoms with Crippen molar-refractivity contribution in [2.45, 2.75) is 52.5 Å². The first-order valence-electron chi connectivity index (χ1n) is 11.6. The topological polar surface area (TPSA) is 74.0 Å². The average Bonchev–Trinajstić information content (AvgIpc) is 3.38. The van der Waals surface area contributed by atoms with Crippen LogP contribution in [0.5, 0.6) is 5.75 Å². The third kappa shape index (κ3) is 3.70. The van der Waals surface area contributed by atoms with E-state index in [-0.39, 0.29) is 17.7 Å². The molecular formula is C25H31N5O2. The molecule has 7 nitrogen and oxygen atoms in total. The third-order valence-electron chi connectivity index (χ3n) is 6.84. The lowest BCUT2D eigenvalue weighted by atomic mass is 9.98. The van der Waals surface area contributed by atoms with Crippen LogP contribution >= 0.6 is 0 Å². The SMILES string of the molecule is Cc1ccc(C(=O)N2CCCC[C@H]2c2cc3nc(N4CC[C@H](C)C4)c(C)cn3n2)c(O)c1. The Kier molecular flexibility index (Phi) is 5.27. The van der Waals surface area contributed by atoms with Gasteiger partial charge >= 0.3 is 0 Å². The lowest BCUT2D eigenvalue weighted by Gasteiger charge is -2.35. The van der Waals surface area contributed by atoms with Gasteiger partial charge in [0.15, 0.2) is 5.65 Å². The number of anilines is 1. The number of aryl methyl sites for hydroxylation is 2. The Bertz CT molecular complexity index is 1170. The van der Waals surface area contributed by atoms with Crippen LogP contribution in [0, 0.1) is 19.8 Å². The van der Waals surface area contributed by atoms with Gasteiger partial charge in [-0.05, 0) is 63.1 Å². The van der Waals surface area contributed by atoms with Crippen molar-refractivity contribution in [3.05, 3.63) is 52.8 Å². The normalized spacial score (nSPS) is 21.5. The highest BCUT2D eigenvalue weighted by Gasteiger charge is 2.32. The van der Waals surface area contributed by atoms with Crippen LogP contribution < -0.4 is 4.90 Å². The van der Waals surface area contributed by atoms with Crippen LogP contribution in [0.3, 0.4) is 0 Å². The molecule has 168 valence electrons. The molecule has 0 aliphatic carbocycles. The zero-order chi connectivity index (χ0) is 22.4. The second-order valence-electron chi connectivity index (χ2n) is 9.49. The van der Waals surface area contributed by atoms with E-state index in [1.54, 1.807) is 12.1 Å². The number of nitrogens with zero attached hydrogens (tertiary/aromatic N) is 5. The van der Waals surface area contributed by atoms with Gasteiger partial charge < -0.3 is 14.9 Å². The van der Waals surface area contributed by atoms with Crippen LogP contribution in [-0.4, -0.2) is 50.1 Å². The zero-order valence-electron chi connectivity index (χ0n) is 19.1. The minimum atomic E-state index is -0.139. The molecule has 2 aliphatic rings. The van der Waals surface area contributed by atoms with Crippen LogP contribution in [0.15, 0.2) is 30.5 Å². The fourth-order valence-electron chi connectivity index (χ4n) is 5.09. The van der Waals surface area contributed by atoms with E-state index in [9.17, 15) is 9.90 Å². The third-order valence-corrected chi connectivity index (χ3v) is 6.84. The Morgan fingerprint density at radius 2 is 1.97 bits per heavy atom. The molecule has 0 bridgehead atoms. The first kappa shape index (κ1) is 20.8. The van der Waals surface area contributed by atoms with Gasteiger partial charge in [0.1, 0.15) is 11.6 Å². The summed E-state index contributed by atoms with van der Waals surface area (Å²) in [5, 5.41) is 15.2. The highest BCUT2D eigenvalue weighted by atomic mass is 16.3. The first-order chi connectivity index (χ1) is 15.4. The molecule has 0 saturated carbocycles. The second kappa shape index (κ2) is 8.11. The number of aromatic hydroxyl groups is 1. The molecule has 2 saturated heterocycles. The maximum atomic E-state index is 13.4. The predicted molar refractivity (Wildman–Crippen MR) is 124 cm³/mol. The Morgan fingerprint density at radius 1 is 1.12 bits per heavy atom. The number of piperidine rings is 1. The Balaban J connectivity index is 1.47. The fraction of sp³-hybridized carbons (Fsp3) is 0.480. The summed E-state index contributed by atoms with van der Waals surface area (Å²) in [6.45, 7) is 9.01. The number of aromatic nitrogens is 3. The number of phenols is 1. The smallest absolute Gasteiger partial charge is 0.258 e. The quantitative estimate of drug-likeness (QED) is 0.668. The van der Waals surface area contributed by atoms with E-state index in [0.29, 0.717) is 18.0 Å². The molecule has 3 aromatic rings. The molecule has 5 rings (SSSR count). The summed E-state index contributed by atoms with van der Waals surface area (Å²) in [7, 11) is 0. The van der Waals surface area contributed by atoms with Crippen molar-refractivity contribution in [1.82, 2.24) is 19.5 Å². The van der Waals surface area contributed by atoms with E-state index in [1.165, 1.54) is 6.42 Å². The minimum Gasteiger partial charge on any atom is -0.507 e. The summed E-state index contributed by atoms with van der Waals surface area (Å²) in [4.78, 5) is 22.5. The summed E-state index contributed by atoms with van der Waals surface area (Å²) < 4.78 is 1.84. The lowest BCUT2D eigenvalue weighted by molar-refractivity contribution is 0.0602. The van der Waals surface area contributed by atoms with E-state index in [4.69, 9.17) is 10.1 Å². The van der Waals surface area contributed by atoms with Crippen LogP contribution in [-0.2, 0) is 0 Å². The maximum Gasteiger partial charge on any atom is 0.258 e. The molecule has 0 unspecified atom stereocenters. The van der Waals surface area contributed by atoms with Crippen LogP contribution in [0.1, 0.15) is 65.8 Å². The zero-order valence-corrected chi connectivity index (χ0v) is 19.1. The average molecular weight is 434 g/mol. The van der Waals surface area contributed by atoms with Crippen molar-refractivity contribution in [1.29, 1.82) is 0 Å². The standard InChI is InChI=1S/C25H31N5O2/c1-16-7-8-19(22(31)12-16)25(32)29-10-5-4-6-21(29)20-13-23-26-24(18(3)15-30(23)27-20)28-11-9-17(2)14-28/h7-8,12-13,15,17,21,31H,4-6,9-11,14H2,1-3H3/t17-,21-/m0/s1. The van der Waals surface area contributed by atoms with Gasteiger partial charge in [-0.2, -0.15) is 5.10 Å². The number of rotatable bonds is 3. The molecule has 4 heterocycles. The van der Waals surface area contributed by atoms with Gasteiger partial charge in [0.2, 0.25) is 0 Å². The van der Waals surface area contributed by atoms with E-state index < -0.39 is 0 Å². The summed E-state index contributed by atoms with van der Waals surface area (Å²) in [6, 6.07) is 7.13. The molecule has 1 amide bonds. The van der Waals surface area contributed by atoms with Gasteiger partial charge in [-0.3, -0.25) is 4.79 Å². The number of carbonyl (C=O) groups excluding carboxylic acids is 1. The molecule has 1 N–H and O–H groups in total. The van der Waals surface area contributed by atoms with Gasteiger partial charge in [-0.25, -0.2) is 9.50 Å². The fourth-order valence-corrected chi connectivity index (χ4v) is 5.09. The van der Waals surface area contributed by atoms with Gasteiger partial charge in [0.05, 0.1) is 17.3 Å². The van der Waals surface area contributed by atoms with Gasteiger partial charge in [0.25, 0.3) is 5.91 Å². The highest BCUT2D eigenvalue weighted by Crippen LogP contribution is 2.34. The Labute approximate surface area is 188 Å². The number of hydrogen-bond acceptors (Lipinski definition) is 5. The van der Waals surface area contributed by atoms with E-state index in [1.807, 2.05) is 34.7 Å². The van der Waals surface area contributed by atoms with Crippen LogP contribution in [0.2, 0.25) is 0 Å². The number of fused-ring (bicyclic) bond motifs is 1. The molecule has 2 atom stereocenters. The van der Waals surface area contributed by atoms with Crippen molar-refractivity contribution in [3.8, 4) is 5.75 Å². The Hall–Kier alpha value is -3.09. The van der Waals surface area contributed by atoms with Gasteiger partial charge in [-0.15, -0.1) is 0 Å². The summed E-state index contributed by atoms with van der Waals surface area (Å²) in [5.74, 6) is 1.62. The number of benzene rings is 1. The lowest BCUT2D eigenvalue weighted by Crippen LogP contribution is -2.38. The molecule has 2 aromatic heterocycles. The van der Waals surface area contributed by atoms with Gasteiger partial charge in [-0.1, -0.05) is 13.0 Å². The summed E-state index contributed by atoms with van der Waals surface area (Å²) in [6.07, 6.45) is 6.10. The van der Waals surface area contributed by atoms with Crippen molar-refractivity contribution in [2.24, 2.45) is 5.92 Å². The largest absolute Gasteiger partial charge is 0.507 e. The molecular weight excluding hydrogens is 402 g/mol. The number of phenolic OH excluding ortho intramolecular Hbond substituents is 1. The van der Waals surface area contributed by atoms with Gasteiger partial charge in [0, 0.05) is 37.5 Å². The predicted octanol–water partition coefficient (Wildman–Crippen LogP) is 4.27. The number of hydrogen-bond donors (Lipinski definition) is 1.